The van der Waals surface area contributed by atoms with E-state index >= 15 is 0 Å². The molecule has 1 N–H and O–H groups in total. The van der Waals surface area contributed by atoms with Crippen molar-refractivity contribution < 1.29 is 23.8 Å². The Hall–Kier alpha value is -1.82. The zero-order chi connectivity index (χ0) is 14.7. The predicted octanol–water partition coefficient (Wildman–Crippen LogP) is 1.55. The van der Waals surface area contributed by atoms with Crippen molar-refractivity contribution in [3.63, 3.8) is 0 Å². The van der Waals surface area contributed by atoms with Crippen molar-refractivity contribution in [3.05, 3.63) is 23.7 Å². The minimum absolute atomic E-state index is 0.0646. The molecule has 0 spiro atoms. The van der Waals surface area contributed by atoms with Crippen LogP contribution in [-0.2, 0) is 16.0 Å². The number of carboxylic acid groups (broad SMARTS) is 1. The Labute approximate surface area is 117 Å². The first-order valence-corrected chi connectivity index (χ1v) is 6.68. The molecule has 0 saturated carbocycles. The van der Waals surface area contributed by atoms with Gasteiger partial charge >= 0.3 is 5.97 Å². The number of nitrogens with zero attached hydrogens (tertiary/aromatic N) is 1. The van der Waals surface area contributed by atoms with Crippen molar-refractivity contribution in [1.29, 1.82) is 0 Å². The van der Waals surface area contributed by atoms with E-state index in [4.69, 9.17) is 14.3 Å². The molecule has 0 radical (unpaired) electrons. The molecule has 1 aromatic rings. The minimum atomic E-state index is -0.910. The Morgan fingerprint density at radius 3 is 2.90 bits per heavy atom. The Morgan fingerprint density at radius 1 is 1.55 bits per heavy atom. The van der Waals surface area contributed by atoms with Gasteiger partial charge in [-0.15, -0.1) is 0 Å². The molecule has 0 aliphatic carbocycles. The molecule has 0 bridgehead atoms. The van der Waals surface area contributed by atoms with E-state index in [2.05, 4.69) is 0 Å². The number of methoxy groups -OCH3 is 1. The number of likely N-dealkylation sites (tertiary alicyclic amines) is 1. The third-order valence-electron chi connectivity index (χ3n) is 3.68. The smallest absolute Gasteiger partial charge is 0.305 e. The first-order valence-electron chi connectivity index (χ1n) is 6.68. The summed E-state index contributed by atoms with van der Waals surface area (Å²) in [4.78, 5) is 25.1. The molecule has 1 amide bonds. The van der Waals surface area contributed by atoms with Crippen LogP contribution in [0.15, 0.2) is 16.7 Å². The van der Waals surface area contributed by atoms with E-state index in [1.54, 1.807) is 18.1 Å². The number of amides is 1. The second-order valence-electron chi connectivity index (χ2n) is 4.91. The van der Waals surface area contributed by atoms with Crippen molar-refractivity contribution in [2.24, 2.45) is 0 Å². The molecule has 2 heterocycles. The average molecular weight is 281 g/mol. The van der Waals surface area contributed by atoms with Gasteiger partial charge in [-0.1, -0.05) is 6.92 Å². The number of hydrogen-bond acceptors (Lipinski definition) is 4. The quantitative estimate of drug-likeness (QED) is 0.885. The monoisotopic (exact) mass is 281 g/mol. The molecule has 0 unspecified atom stereocenters. The highest BCUT2D eigenvalue weighted by Gasteiger charge is 2.37. The number of rotatable bonds is 5. The normalized spacial score (nSPS) is 22.2. The maximum absolute atomic E-state index is 12.6. The third kappa shape index (κ3) is 2.85. The summed E-state index contributed by atoms with van der Waals surface area (Å²) >= 11 is 0. The van der Waals surface area contributed by atoms with Gasteiger partial charge in [0.25, 0.3) is 5.91 Å². The van der Waals surface area contributed by atoms with E-state index < -0.39 is 5.97 Å². The van der Waals surface area contributed by atoms with Crippen molar-refractivity contribution in [2.45, 2.75) is 38.3 Å². The fourth-order valence-corrected chi connectivity index (χ4v) is 2.65. The van der Waals surface area contributed by atoms with Crippen LogP contribution in [0.25, 0.3) is 0 Å². The molecule has 2 atom stereocenters. The third-order valence-corrected chi connectivity index (χ3v) is 3.68. The Bertz CT molecular complexity index is 496. The highest BCUT2D eigenvalue weighted by molar-refractivity contribution is 5.95. The summed E-state index contributed by atoms with van der Waals surface area (Å²) in [6, 6.07) is 1.31. The predicted molar refractivity (Wildman–Crippen MR) is 70.6 cm³/mol. The lowest BCUT2D eigenvalue weighted by molar-refractivity contribution is -0.137. The second kappa shape index (κ2) is 6.09. The Morgan fingerprint density at radius 2 is 2.30 bits per heavy atom. The number of carbonyl (C=O) groups is 2. The largest absolute Gasteiger partial charge is 0.481 e. The lowest BCUT2D eigenvalue weighted by Crippen LogP contribution is -2.37. The number of aryl methyl sites for hydroxylation is 1. The van der Waals surface area contributed by atoms with E-state index in [-0.39, 0.29) is 24.5 Å². The zero-order valence-corrected chi connectivity index (χ0v) is 11.7. The van der Waals surface area contributed by atoms with Gasteiger partial charge in [0.1, 0.15) is 5.76 Å². The first kappa shape index (κ1) is 14.6. The number of aliphatic carboxylic acids is 1. The SMILES string of the molecule is CCc1occc1C(=O)N1C[C@@H](OC)C[C@H]1CC(=O)O. The zero-order valence-electron chi connectivity index (χ0n) is 11.7. The molecule has 1 fully saturated rings. The summed E-state index contributed by atoms with van der Waals surface area (Å²) in [5, 5.41) is 8.97. The molecule has 1 saturated heterocycles. The minimum Gasteiger partial charge on any atom is -0.481 e. The molecular formula is C14H19NO5. The van der Waals surface area contributed by atoms with Crippen LogP contribution in [0, 0.1) is 0 Å². The van der Waals surface area contributed by atoms with Gasteiger partial charge in [-0.05, 0) is 12.5 Å². The van der Waals surface area contributed by atoms with Gasteiger partial charge in [0.15, 0.2) is 0 Å². The van der Waals surface area contributed by atoms with Gasteiger partial charge in [-0.25, -0.2) is 0 Å². The van der Waals surface area contributed by atoms with E-state index in [1.807, 2.05) is 6.92 Å². The van der Waals surface area contributed by atoms with Crippen LogP contribution in [0.3, 0.4) is 0 Å². The van der Waals surface area contributed by atoms with Gasteiger partial charge in [-0.3, -0.25) is 9.59 Å². The number of carboxylic acids is 1. The summed E-state index contributed by atoms with van der Waals surface area (Å²) in [5.41, 5.74) is 0.514. The fourth-order valence-electron chi connectivity index (χ4n) is 2.65. The van der Waals surface area contributed by atoms with Crippen molar-refractivity contribution in [1.82, 2.24) is 4.90 Å². The molecule has 1 aliphatic rings. The number of furan rings is 1. The van der Waals surface area contributed by atoms with E-state index in [0.29, 0.717) is 30.7 Å². The second-order valence-corrected chi connectivity index (χ2v) is 4.91. The summed E-state index contributed by atoms with van der Waals surface area (Å²) in [6.07, 6.45) is 2.49. The summed E-state index contributed by atoms with van der Waals surface area (Å²) in [7, 11) is 1.58. The maximum Gasteiger partial charge on any atom is 0.305 e. The van der Waals surface area contributed by atoms with Crippen LogP contribution in [0.4, 0.5) is 0 Å². The molecule has 6 nitrogen and oxygen atoms in total. The van der Waals surface area contributed by atoms with Gasteiger partial charge < -0.3 is 19.2 Å². The van der Waals surface area contributed by atoms with Crippen LogP contribution < -0.4 is 0 Å². The summed E-state index contributed by atoms with van der Waals surface area (Å²) in [6.45, 7) is 2.33. The maximum atomic E-state index is 12.6. The van der Waals surface area contributed by atoms with Gasteiger partial charge in [0, 0.05) is 26.1 Å². The number of carbonyl (C=O) groups excluding carboxylic acids is 1. The molecule has 110 valence electrons. The van der Waals surface area contributed by atoms with Gasteiger partial charge in [0.2, 0.25) is 0 Å². The van der Waals surface area contributed by atoms with Crippen LogP contribution in [0.2, 0.25) is 0 Å². The molecular weight excluding hydrogens is 262 g/mol. The van der Waals surface area contributed by atoms with Gasteiger partial charge in [0.05, 0.1) is 24.4 Å². The van der Waals surface area contributed by atoms with Crippen molar-refractivity contribution in [3.8, 4) is 0 Å². The van der Waals surface area contributed by atoms with Crippen molar-refractivity contribution >= 4 is 11.9 Å². The standard InChI is InChI=1S/C14H19NO5/c1-3-12-11(4-5-20-12)14(18)15-8-10(19-2)6-9(15)7-13(16)17/h4-5,9-10H,3,6-8H2,1-2H3,(H,16,17)/t9-,10-/m0/s1. The van der Waals surface area contributed by atoms with E-state index in [9.17, 15) is 9.59 Å². The van der Waals surface area contributed by atoms with Crippen LogP contribution in [-0.4, -0.2) is 47.7 Å². The molecule has 2 rings (SSSR count). The van der Waals surface area contributed by atoms with Crippen LogP contribution >= 0.6 is 0 Å². The molecule has 6 heteroatoms. The lowest BCUT2D eigenvalue weighted by atomic mass is 10.1. The number of ether oxygens (including phenoxy) is 1. The topological polar surface area (TPSA) is 80.0 Å². The lowest BCUT2D eigenvalue weighted by Gasteiger charge is -2.23. The van der Waals surface area contributed by atoms with Crippen LogP contribution in [0.5, 0.6) is 0 Å². The molecule has 1 aliphatic heterocycles. The highest BCUT2D eigenvalue weighted by Crippen LogP contribution is 2.26. The van der Waals surface area contributed by atoms with Crippen LogP contribution in [0.1, 0.15) is 35.9 Å². The van der Waals surface area contributed by atoms with E-state index in [1.165, 1.54) is 6.26 Å². The fraction of sp³-hybridized carbons (Fsp3) is 0.571. The molecule has 20 heavy (non-hydrogen) atoms. The van der Waals surface area contributed by atoms with Crippen molar-refractivity contribution in [2.75, 3.05) is 13.7 Å². The Balaban J connectivity index is 2.19. The molecule has 1 aromatic heterocycles. The Kier molecular flexibility index (Phi) is 4.44. The number of hydrogen-bond donors (Lipinski definition) is 1. The summed E-state index contributed by atoms with van der Waals surface area (Å²) < 4.78 is 10.5. The highest BCUT2D eigenvalue weighted by atomic mass is 16.5. The summed E-state index contributed by atoms with van der Waals surface area (Å²) in [5.74, 6) is -0.459. The van der Waals surface area contributed by atoms with E-state index in [0.717, 1.165) is 0 Å². The average Bonchev–Trinajstić information content (AvgIpc) is 3.03. The van der Waals surface area contributed by atoms with Gasteiger partial charge in [-0.2, -0.15) is 0 Å². The first-order chi connectivity index (χ1) is 9.56. The molecule has 0 aromatic carbocycles.